The number of hydrogen-bond donors (Lipinski definition) is 0. The van der Waals surface area contributed by atoms with Crippen LogP contribution in [0.15, 0.2) is 54.7 Å². The van der Waals surface area contributed by atoms with E-state index in [4.69, 9.17) is 9.59 Å². The number of halogens is 1. The van der Waals surface area contributed by atoms with Crippen molar-refractivity contribution in [2.45, 2.75) is 13.3 Å². The normalized spacial score (nSPS) is 9.65. The Morgan fingerprint density at radius 2 is 1.65 bits per heavy atom. The van der Waals surface area contributed by atoms with Crippen molar-refractivity contribution in [2.75, 3.05) is 0 Å². The first-order chi connectivity index (χ1) is 11.2. The average Bonchev–Trinajstić information content (AvgIpc) is 3.06. The molecule has 0 saturated heterocycles. The minimum Gasteiger partial charge on any atom is -0.220 e. The molecule has 0 unspecified atom stereocenters. The van der Waals surface area contributed by atoms with Crippen molar-refractivity contribution in [2.24, 2.45) is 0 Å². The summed E-state index contributed by atoms with van der Waals surface area (Å²) in [5, 5.41) is 8.24. The molecule has 0 bridgehead atoms. The van der Waals surface area contributed by atoms with Gasteiger partial charge in [0.05, 0.1) is 11.9 Å². The standard InChI is InChI=1S/C16H14FN3.CO2/c1-2-12-3-5-13(6-4-12)16-11-20(19-18-16)15-9-7-14(17)8-10-15;2-1-3/h3-11H,2H2,1H3;. The number of aromatic nitrogens is 3. The zero-order chi connectivity index (χ0) is 16.7. The van der Waals surface area contributed by atoms with E-state index < -0.39 is 0 Å². The lowest BCUT2D eigenvalue weighted by molar-refractivity contribution is -0.191. The Morgan fingerprint density at radius 1 is 1.04 bits per heavy atom. The van der Waals surface area contributed by atoms with Gasteiger partial charge in [-0.05, 0) is 36.2 Å². The topological polar surface area (TPSA) is 64.8 Å². The summed E-state index contributed by atoms with van der Waals surface area (Å²) >= 11 is 0. The molecule has 0 radical (unpaired) electrons. The highest BCUT2D eigenvalue weighted by Gasteiger charge is 2.05. The molecule has 1 heterocycles. The summed E-state index contributed by atoms with van der Waals surface area (Å²) in [5.74, 6) is -0.260. The largest absolute Gasteiger partial charge is 0.373 e. The fourth-order valence-electron chi connectivity index (χ4n) is 2.03. The maximum atomic E-state index is 12.9. The summed E-state index contributed by atoms with van der Waals surface area (Å²) in [6.07, 6.45) is 3.11. The third-order valence-corrected chi connectivity index (χ3v) is 3.24. The molecule has 3 aromatic rings. The molecular weight excluding hydrogens is 297 g/mol. The summed E-state index contributed by atoms with van der Waals surface area (Å²) in [5.41, 5.74) is 3.91. The molecule has 0 atom stereocenters. The Kier molecular flexibility index (Phi) is 5.50. The second-order valence-corrected chi connectivity index (χ2v) is 4.66. The van der Waals surface area contributed by atoms with E-state index in [2.05, 4.69) is 29.4 Å². The van der Waals surface area contributed by atoms with E-state index in [-0.39, 0.29) is 12.0 Å². The summed E-state index contributed by atoms with van der Waals surface area (Å²) in [4.78, 5) is 16.2. The molecule has 0 fully saturated rings. The SMILES string of the molecule is CCc1ccc(-c2cn(-c3ccc(F)cc3)nn2)cc1.O=C=O. The van der Waals surface area contributed by atoms with Gasteiger partial charge in [-0.25, -0.2) is 9.07 Å². The molecule has 3 rings (SSSR count). The van der Waals surface area contributed by atoms with Gasteiger partial charge >= 0.3 is 6.15 Å². The maximum absolute atomic E-state index is 12.9. The third-order valence-electron chi connectivity index (χ3n) is 3.24. The second-order valence-electron chi connectivity index (χ2n) is 4.66. The van der Waals surface area contributed by atoms with E-state index in [1.54, 1.807) is 16.8 Å². The van der Waals surface area contributed by atoms with E-state index in [0.29, 0.717) is 0 Å². The van der Waals surface area contributed by atoms with Crippen molar-refractivity contribution >= 4 is 6.15 Å². The molecule has 23 heavy (non-hydrogen) atoms. The number of nitrogens with zero attached hydrogens (tertiary/aromatic N) is 3. The van der Waals surface area contributed by atoms with Crippen molar-refractivity contribution in [3.8, 4) is 16.9 Å². The smallest absolute Gasteiger partial charge is 0.220 e. The Morgan fingerprint density at radius 3 is 2.22 bits per heavy atom. The van der Waals surface area contributed by atoms with Crippen LogP contribution in [0, 0.1) is 5.82 Å². The number of aryl methyl sites for hydroxylation is 1. The van der Waals surface area contributed by atoms with Crippen LogP contribution in [0.2, 0.25) is 0 Å². The van der Waals surface area contributed by atoms with Crippen LogP contribution < -0.4 is 0 Å². The first-order valence-corrected chi connectivity index (χ1v) is 6.94. The monoisotopic (exact) mass is 311 g/mol. The van der Waals surface area contributed by atoms with Crippen molar-refractivity contribution in [3.63, 3.8) is 0 Å². The highest BCUT2D eigenvalue weighted by molar-refractivity contribution is 5.58. The number of rotatable bonds is 3. The van der Waals surface area contributed by atoms with Gasteiger partial charge in [-0.1, -0.05) is 36.4 Å². The predicted octanol–water partition coefficient (Wildman–Crippen LogP) is 3.05. The van der Waals surface area contributed by atoms with Crippen molar-refractivity contribution in [1.82, 2.24) is 15.0 Å². The highest BCUT2D eigenvalue weighted by atomic mass is 19.1. The average molecular weight is 311 g/mol. The molecule has 116 valence electrons. The minimum atomic E-state index is -0.260. The molecule has 0 aliphatic carbocycles. The quantitative estimate of drug-likeness (QED) is 0.745. The molecule has 0 spiro atoms. The van der Waals surface area contributed by atoms with E-state index in [1.807, 2.05) is 18.3 Å². The van der Waals surface area contributed by atoms with E-state index >= 15 is 0 Å². The third kappa shape index (κ3) is 4.18. The van der Waals surface area contributed by atoms with Crippen LogP contribution in [0.4, 0.5) is 4.39 Å². The van der Waals surface area contributed by atoms with Gasteiger partial charge in [-0.15, -0.1) is 5.10 Å². The van der Waals surface area contributed by atoms with Crippen LogP contribution in [0.1, 0.15) is 12.5 Å². The van der Waals surface area contributed by atoms with Gasteiger partial charge in [0.15, 0.2) is 0 Å². The van der Waals surface area contributed by atoms with Gasteiger partial charge < -0.3 is 0 Å². The Bertz CT molecular complexity index is 789. The number of hydrogen-bond acceptors (Lipinski definition) is 4. The van der Waals surface area contributed by atoms with Gasteiger partial charge in [0.2, 0.25) is 0 Å². The van der Waals surface area contributed by atoms with Crippen LogP contribution in [-0.2, 0) is 16.0 Å². The van der Waals surface area contributed by atoms with Crippen LogP contribution in [-0.4, -0.2) is 21.1 Å². The van der Waals surface area contributed by atoms with E-state index in [0.717, 1.165) is 23.4 Å². The minimum absolute atomic E-state index is 0.250. The molecule has 5 nitrogen and oxygen atoms in total. The van der Waals surface area contributed by atoms with Crippen LogP contribution in [0.5, 0.6) is 0 Å². The molecule has 2 aromatic carbocycles. The Balaban J connectivity index is 0.000000595. The fraction of sp³-hybridized carbons (Fsp3) is 0.118. The zero-order valence-corrected chi connectivity index (χ0v) is 12.4. The van der Waals surface area contributed by atoms with Gasteiger partial charge in [0.25, 0.3) is 0 Å². The Labute approximate surface area is 132 Å². The Hall–Kier alpha value is -3.11. The van der Waals surface area contributed by atoms with Crippen molar-refractivity contribution < 1.29 is 14.0 Å². The lowest BCUT2D eigenvalue weighted by atomic mass is 10.1. The van der Waals surface area contributed by atoms with Gasteiger partial charge in [0, 0.05) is 5.56 Å². The van der Waals surface area contributed by atoms with Crippen LogP contribution >= 0.6 is 0 Å². The fourth-order valence-corrected chi connectivity index (χ4v) is 2.03. The van der Waals surface area contributed by atoms with E-state index in [1.165, 1.54) is 17.7 Å². The van der Waals surface area contributed by atoms with Gasteiger partial charge in [-0.2, -0.15) is 9.59 Å². The molecule has 0 amide bonds. The van der Waals surface area contributed by atoms with Crippen molar-refractivity contribution in [3.05, 3.63) is 66.1 Å². The van der Waals surface area contributed by atoms with Gasteiger partial charge in [-0.3, -0.25) is 0 Å². The van der Waals surface area contributed by atoms with Crippen molar-refractivity contribution in [1.29, 1.82) is 0 Å². The molecule has 0 saturated carbocycles. The highest BCUT2D eigenvalue weighted by Crippen LogP contribution is 2.18. The zero-order valence-electron chi connectivity index (χ0n) is 12.4. The summed E-state index contributed by atoms with van der Waals surface area (Å²) < 4.78 is 14.5. The molecule has 0 N–H and O–H groups in total. The van der Waals surface area contributed by atoms with Gasteiger partial charge in [0.1, 0.15) is 11.5 Å². The summed E-state index contributed by atoms with van der Waals surface area (Å²) in [6, 6.07) is 14.4. The molecule has 0 aliphatic heterocycles. The van der Waals surface area contributed by atoms with Crippen LogP contribution in [0.25, 0.3) is 16.9 Å². The summed E-state index contributed by atoms with van der Waals surface area (Å²) in [6.45, 7) is 2.12. The molecular formula is C17H14FN3O2. The molecule has 1 aromatic heterocycles. The molecule has 6 heteroatoms. The first kappa shape index (κ1) is 16.3. The lowest BCUT2D eigenvalue weighted by Gasteiger charge is -1.99. The lowest BCUT2D eigenvalue weighted by Crippen LogP contribution is -1.94. The second kappa shape index (κ2) is 7.77. The summed E-state index contributed by atoms with van der Waals surface area (Å²) in [7, 11) is 0. The predicted molar refractivity (Wildman–Crippen MR) is 81.1 cm³/mol. The molecule has 0 aliphatic rings. The van der Waals surface area contributed by atoms with E-state index in [9.17, 15) is 4.39 Å². The first-order valence-electron chi connectivity index (χ1n) is 6.94. The van der Waals surface area contributed by atoms with Crippen LogP contribution in [0.3, 0.4) is 0 Å². The number of carbonyl (C=O) groups excluding carboxylic acids is 2. The number of benzene rings is 2. The maximum Gasteiger partial charge on any atom is 0.373 e.